The Balaban J connectivity index is 1.32. The summed E-state index contributed by atoms with van der Waals surface area (Å²) in [5, 5.41) is 12.4. The molecule has 0 unspecified atom stereocenters. The summed E-state index contributed by atoms with van der Waals surface area (Å²) in [6, 6.07) is 1.76. The normalized spacial score (nSPS) is 18.0. The molecule has 4 rings (SSSR count). The van der Waals surface area contributed by atoms with E-state index < -0.39 is 0 Å². The molecule has 2 fully saturated rings. The van der Waals surface area contributed by atoms with E-state index in [1.807, 2.05) is 16.7 Å². The molecule has 0 spiro atoms. The number of piperidine rings is 1. The first-order chi connectivity index (χ1) is 13.7. The van der Waals surface area contributed by atoms with E-state index in [0.717, 1.165) is 38.8 Å². The third-order valence-corrected chi connectivity index (χ3v) is 5.61. The van der Waals surface area contributed by atoms with Gasteiger partial charge in [0.2, 0.25) is 17.7 Å². The van der Waals surface area contributed by atoms with E-state index >= 15 is 0 Å². The van der Waals surface area contributed by atoms with E-state index in [4.69, 9.17) is 4.42 Å². The molecule has 9 nitrogen and oxygen atoms in total. The summed E-state index contributed by atoms with van der Waals surface area (Å²) in [5.41, 5.74) is 0.626. The Morgan fingerprint density at radius 1 is 1.11 bits per heavy atom. The number of likely N-dealkylation sites (tertiary alicyclic amines) is 2. The van der Waals surface area contributed by atoms with Crippen molar-refractivity contribution in [2.24, 2.45) is 0 Å². The molecular formula is C19H26N6O3. The van der Waals surface area contributed by atoms with Gasteiger partial charge in [0.1, 0.15) is 12.1 Å². The van der Waals surface area contributed by atoms with Gasteiger partial charge in [-0.3, -0.25) is 14.3 Å². The van der Waals surface area contributed by atoms with Crippen LogP contribution in [-0.4, -0.2) is 67.8 Å². The second kappa shape index (κ2) is 8.12. The van der Waals surface area contributed by atoms with E-state index in [0.29, 0.717) is 37.1 Å². The SMILES string of the molecule is CCn1nccc1C(=O)N1CCC(c2nnc(CC(=O)N3CCCC3)o2)CC1. The monoisotopic (exact) mass is 386 g/mol. The molecule has 0 atom stereocenters. The molecule has 2 aliphatic heterocycles. The van der Waals surface area contributed by atoms with E-state index in [1.165, 1.54) is 0 Å². The van der Waals surface area contributed by atoms with Crippen LogP contribution in [0.3, 0.4) is 0 Å². The summed E-state index contributed by atoms with van der Waals surface area (Å²) in [6.45, 7) is 5.57. The Bertz CT molecular complexity index is 830. The first-order valence-electron chi connectivity index (χ1n) is 10.1. The third kappa shape index (κ3) is 3.79. The van der Waals surface area contributed by atoms with Gasteiger partial charge in [-0.15, -0.1) is 10.2 Å². The van der Waals surface area contributed by atoms with Crippen LogP contribution in [0.5, 0.6) is 0 Å². The van der Waals surface area contributed by atoms with Gasteiger partial charge in [-0.25, -0.2) is 0 Å². The van der Waals surface area contributed by atoms with Gasteiger partial charge in [-0.1, -0.05) is 0 Å². The van der Waals surface area contributed by atoms with Crippen molar-refractivity contribution >= 4 is 11.8 Å². The molecular weight excluding hydrogens is 360 g/mol. The molecule has 0 saturated carbocycles. The van der Waals surface area contributed by atoms with Gasteiger partial charge >= 0.3 is 0 Å². The molecule has 0 N–H and O–H groups in total. The molecule has 0 aliphatic carbocycles. The number of hydrogen-bond donors (Lipinski definition) is 0. The molecule has 2 aromatic rings. The standard InChI is InChI=1S/C19H26N6O3/c1-2-25-15(5-8-20-25)19(27)24-11-6-14(7-12-24)18-22-21-16(28-18)13-17(26)23-9-3-4-10-23/h5,8,14H,2-4,6-7,9-13H2,1H3. The number of hydrogen-bond acceptors (Lipinski definition) is 6. The largest absolute Gasteiger partial charge is 0.424 e. The lowest BCUT2D eigenvalue weighted by Crippen LogP contribution is -2.39. The first kappa shape index (κ1) is 18.6. The van der Waals surface area contributed by atoms with Crippen LogP contribution in [0.1, 0.15) is 60.8 Å². The minimum Gasteiger partial charge on any atom is -0.424 e. The highest BCUT2D eigenvalue weighted by Crippen LogP contribution is 2.28. The number of rotatable bonds is 5. The van der Waals surface area contributed by atoms with Crippen LogP contribution in [-0.2, 0) is 17.8 Å². The molecule has 2 saturated heterocycles. The zero-order chi connectivity index (χ0) is 19.5. The van der Waals surface area contributed by atoms with E-state index in [2.05, 4.69) is 15.3 Å². The van der Waals surface area contributed by atoms with Crippen LogP contribution in [0.15, 0.2) is 16.7 Å². The van der Waals surface area contributed by atoms with Gasteiger partial charge in [0.15, 0.2) is 0 Å². The van der Waals surface area contributed by atoms with Crippen LogP contribution in [0, 0.1) is 0 Å². The zero-order valence-corrected chi connectivity index (χ0v) is 16.2. The number of aryl methyl sites for hydroxylation is 1. The van der Waals surface area contributed by atoms with Gasteiger partial charge in [0.25, 0.3) is 5.91 Å². The van der Waals surface area contributed by atoms with Crippen molar-refractivity contribution in [3.05, 3.63) is 29.7 Å². The highest BCUT2D eigenvalue weighted by molar-refractivity contribution is 5.92. The second-order valence-electron chi connectivity index (χ2n) is 7.40. The third-order valence-electron chi connectivity index (χ3n) is 5.61. The molecule has 2 aromatic heterocycles. The molecule has 2 aliphatic rings. The lowest BCUT2D eigenvalue weighted by atomic mass is 9.96. The van der Waals surface area contributed by atoms with Crippen molar-refractivity contribution in [1.29, 1.82) is 0 Å². The number of carbonyl (C=O) groups is 2. The average Bonchev–Trinajstić information content (AvgIpc) is 3.48. The van der Waals surface area contributed by atoms with Crippen LogP contribution in [0.25, 0.3) is 0 Å². The Morgan fingerprint density at radius 3 is 2.57 bits per heavy atom. The van der Waals surface area contributed by atoms with Crippen molar-refractivity contribution < 1.29 is 14.0 Å². The minimum absolute atomic E-state index is 0.0141. The molecule has 0 radical (unpaired) electrons. The van der Waals surface area contributed by atoms with Gasteiger partial charge in [-0.2, -0.15) is 5.10 Å². The van der Waals surface area contributed by atoms with Crippen molar-refractivity contribution in [1.82, 2.24) is 29.8 Å². The lowest BCUT2D eigenvalue weighted by molar-refractivity contribution is -0.129. The first-order valence-corrected chi connectivity index (χ1v) is 10.1. The summed E-state index contributed by atoms with van der Waals surface area (Å²) in [6.07, 6.45) is 5.51. The summed E-state index contributed by atoms with van der Waals surface area (Å²) in [7, 11) is 0. The summed E-state index contributed by atoms with van der Waals surface area (Å²) < 4.78 is 7.49. The van der Waals surface area contributed by atoms with Crippen molar-refractivity contribution in [3.63, 3.8) is 0 Å². The molecule has 9 heteroatoms. The number of amides is 2. The van der Waals surface area contributed by atoms with Crippen molar-refractivity contribution in [3.8, 4) is 0 Å². The highest BCUT2D eigenvalue weighted by atomic mass is 16.4. The molecule has 0 bridgehead atoms. The van der Waals surface area contributed by atoms with Crippen molar-refractivity contribution in [2.45, 2.75) is 51.5 Å². The van der Waals surface area contributed by atoms with Crippen LogP contribution in [0.4, 0.5) is 0 Å². The van der Waals surface area contributed by atoms with Crippen molar-refractivity contribution in [2.75, 3.05) is 26.2 Å². The Labute approximate surface area is 163 Å². The fraction of sp³-hybridized carbons (Fsp3) is 0.632. The molecule has 0 aromatic carbocycles. The maximum Gasteiger partial charge on any atom is 0.272 e. The maximum atomic E-state index is 12.7. The molecule has 4 heterocycles. The summed E-state index contributed by atoms with van der Waals surface area (Å²) in [5.74, 6) is 1.16. The quantitative estimate of drug-likeness (QED) is 0.772. The second-order valence-corrected chi connectivity index (χ2v) is 7.40. The molecule has 2 amide bonds. The molecule has 28 heavy (non-hydrogen) atoms. The van der Waals surface area contributed by atoms with Gasteiger partial charge < -0.3 is 14.2 Å². The Morgan fingerprint density at radius 2 is 1.86 bits per heavy atom. The molecule has 150 valence electrons. The van der Waals surface area contributed by atoms with Gasteiger partial charge in [0, 0.05) is 44.8 Å². The fourth-order valence-corrected chi connectivity index (χ4v) is 3.97. The van der Waals surface area contributed by atoms with Gasteiger partial charge in [0.05, 0.1) is 0 Å². The highest BCUT2D eigenvalue weighted by Gasteiger charge is 2.29. The van der Waals surface area contributed by atoms with E-state index in [-0.39, 0.29) is 24.2 Å². The topological polar surface area (TPSA) is 97.4 Å². The van der Waals surface area contributed by atoms with E-state index in [9.17, 15) is 9.59 Å². The van der Waals surface area contributed by atoms with Crippen LogP contribution >= 0.6 is 0 Å². The number of aromatic nitrogens is 4. The number of carbonyl (C=O) groups excluding carboxylic acids is 2. The lowest BCUT2D eigenvalue weighted by Gasteiger charge is -2.30. The maximum absolute atomic E-state index is 12.7. The Hall–Kier alpha value is -2.71. The fourth-order valence-electron chi connectivity index (χ4n) is 3.97. The summed E-state index contributed by atoms with van der Waals surface area (Å²) >= 11 is 0. The Kier molecular flexibility index (Phi) is 5.40. The predicted octanol–water partition coefficient (Wildman–Crippen LogP) is 1.47. The predicted molar refractivity (Wildman–Crippen MR) is 99.6 cm³/mol. The van der Waals surface area contributed by atoms with E-state index in [1.54, 1.807) is 16.9 Å². The van der Waals surface area contributed by atoms with Gasteiger partial charge in [-0.05, 0) is 38.7 Å². The average molecular weight is 386 g/mol. The zero-order valence-electron chi connectivity index (χ0n) is 16.2. The van der Waals surface area contributed by atoms with Crippen LogP contribution in [0.2, 0.25) is 0 Å². The summed E-state index contributed by atoms with van der Waals surface area (Å²) in [4.78, 5) is 28.6. The minimum atomic E-state index is 0.0141. The van der Waals surface area contributed by atoms with Crippen LogP contribution < -0.4 is 0 Å². The smallest absolute Gasteiger partial charge is 0.272 e. The number of nitrogens with zero attached hydrogens (tertiary/aromatic N) is 6.